The Morgan fingerprint density at radius 1 is 0.264 bits per heavy atom. The van der Waals surface area contributed by atoms with Gasteiger partial charge in [0.2, 0.25) is 0 Å². The summed E-state index contributed by atoms with van der Waals surface area (Å²) >= 11 is 0. The summed E-state index contributed by atoms with van der Waals surface area (Å²) < 4.78 is 2.36. The van der Waals surface area contributed by atoms with Crippen molar-refractivity contribution in [3.63, 3.8) is 0 Å². The fourth-order valence-corrected chi connectivity index (χ4v) is 7.53. The smallest absolute Gasteiger partial charge is 0.164 e. The Bertz CT molecular complexity index is 2800. The maximum atomic E-state index is 4.93. The van der Waals surface area contributed by atoms with E-state index in [-0.39, 0.29) is 0 Å². The average Bonchev–Trinajstić information content (AvgIpc) is 3.58. The number of hydrogen-bond donors (Lipinski definition) is 0. The number of aromatic nitrogens is 4. The Kier molecular flexibility index (Phi) is 7.43. The summed E-state index contributed by atoms with van der Waals surface area (Å²) in [5.74, 6) is 1.96. The molecule has 0 spiro atoms. The van der Waals surface area contributed by atoms with Crippen LogP contribution in [0.3, 0.4) is 0 Å². The number of nitrogens with zero attached hydrogens (tertiary/aromatic N) is 4. The molecule has 0 fully saturated rings. The Balaban J connectivity index is 1.01. The predicted molar refractivity (Wildman–Crippen MR) is 219 cm³/mol. The summed E-state index contributed by atoms with van der Waals surface area (Å²) in [4.78, 5) is 14.7. The number of rotatable bonds is 6. The van der Waals surface area contributed by atoms with Crippen molar-refractivity contribution in [2.75, 3.05) is 0 Å². The van der Waals surface area contributed by atoms with Crippen molar-refractivity contribution in [1.29, 1.82) is 0 Å². The molecule has 0 unspecified atom stereocenters. The van der Waals surface area contributed by atoms with Crippen LogP contribution < -0.4 is 0 Å². The molecule has 2 heterocycles. The first-order chi connectivity index (χ1) is 26.3. The van der Waals surface area contributed by atoms with E-state index in [0.717, 1.165) is 27.9 Å². The fraction of sp³-hybridized carbons (Fsp3) is 0. The third-order valence-electron chi connectivity index (χ3n) is 10.1. The van der Waals surface area contributed by atoms with E-state index in [1.54, 1.807) is 0 Å². The van der Waals surface area contributed by atoms with Crippen molar-refractivity contribution in [3.05, 3.63) is 194 Å². The second kappa shape index (κ2) is 12.9. The highest BCUT2D eigenvalue weighted by molar-refractivity contribution is 6.09. The summed E-state index contributed by atoms with van der Waals surface area (Å²) in [6.07, 6.45) is 0. The van der Waals surface area contributed by atoms with Crippen molar-refractivity contribution >= 4 is 32.6 Å². The van der Waals surface area contributed by atoms with Gasteiger partial charge in [-0.1, -0.05) is 170 Å². The Hall–Kier alpha value is -7.17. The molecule has 0 bridgehead atoms. The minimum Gasteiger partial charge on any atom is -0.309 e. The second-order valence-electron chi connectivity index (χ2n) is 13.2. The van der Waals surface area contributed by atoms with E-state index < -0.39 is 0 Å². The van der Waals surface area contributed by atoms with Crippen LogP contribution in [0.25, 0.3) is 94.7 Å². The molecule has 0 aliphatic carbocycles. The fourth-order valence-electron chi connectivity index (χ4n) is 7.53. The van der Waals surface area contributed by atoms with Gasteiger partial charge >= 0.3 is 0 Å². The molecule has 10 rings (SSSR count). The SMILES string of the molecule is c1ccc(-c2nc(-c3ccccc3)nc(-c3ccc(-c4ccc(-c5ccc(-n6c7ccccc7c7ccccc76)cc5)c5ccccc45)cc3)n2)cc1. The molecule has 0 saturated heterocycles. The zero-order chi connectivity index (χ0) is 35.1. The van der Waals surface area contributed by atoms with Crippen molar-refractivity contribution in [3.8, 4) is 62.1 Å². The molecule has 0 aliphatic heterocycles. The summed E-state index contributed by atoms with van der Waals surface area (Å²) in [6, 6.07) is 68.2. The van der Waals surface area contributed by atoms with Crippen molar-refractivity contribution in [1.82, 2.24) is 19.5 Å². The molecule has 4 nitrogen and oxygen atoms in total. The van der Waals surface area contributed by atoms with Gasteiger partial charge in [0, 0.05) is 33.2 Å². The molecule has 8 aromatic carbocycles. The number of para-hydroxylation sites is 2. The molecule has 0 N–H and O–H groups in total. The lowest BCUT2D eigenvalue weighted by molar-refractivity contribution is 1.07. The van der Waals surface area contributed by atoms with Gasteiger partial charge in [0.25, 0.3) is 0 Å². The highest BCUT2D eigenvalue weighted by Crippen LogP contribution is 2.38. The summed E-state index contributed by atoms with van der Waals surface area (Å²) in [5.41, 5.74) is 11.1. The quantitative estimate of drug-likeness (QED) is 0.176. The largest absolute Gasteiger partial charge is 0.309 e. The van der Waals surface area contributed by atoms with Crippen LogP contribution in [-0.2, 0) is 0 Å². The van der Waals surface area contributed by atoms with Gasteiger partial charge in [0.15, 0.2) is 17.5 Å². The molecule has 0 saturated carbocycles. The third-order valence-corrected chi connectivity index (χ3v) is 10.1. The maximum Gasteiger partial charge on any atom is 0.164 e. The highest BCUT2D eigenvalue weighted by Gasteiger charge is 2.15. The van der Waals surface area contributed by atoms with Gasteiger partial charge in [0.05, 0.1) is 11.0 Å². The molecule has 0 atom stereocenters. The molecule has 10 aromatic rings. The molecule has 4 heteroatoms. The third kappa shape index (κ3) is 5.45. The van der Waals surface area contributed by atoms with Crippen LogP contribution in [0.1, 0.15) is 0 Å². The number of hydrogen-bond acceptors (Lipinski definition) is 3. The van der Waals surface area contributed by atoms with E-state index in [2.05, 4.69) is 138 Å². The summed E-state index contributed by atoms with van der Waals surface area (Å²) in [5, 5.41) is 4.96. The van der Waals surface area contributed by atoms with Crippen LogP contribution in [-0.4, -0.2) is 19.5 Å². The molecule has 0 aliphatic rings. The highest BCUT2D eigenvalue weighted by atomic mass is 15.0. The first-order valence-corrected chi connectivity index (χ1v) is 17.9. The van der Waals surface area contributed by atoms with Gasteiger partial charge in [-0.15, -0.1) is 0 Å². The van der Waals surface area contributed by atoms with Crippen LogP contribution in [0.5, 0.6) is 0 Å². The maximum absolute atomic E-state index is 4.93. The number of fused-ring (bicyclic) bond motifs is 4. The zero-order valence-corrected chi connectivity index (χ0v) is 28.8. The minimum atomic E-state index is 0.647. The van der Waals surface area contributed by atoms with E-state index in [1.807, 2.05) is 60.7 Å². The van der Waals surface area contributed by atoms with Crippen LogP contribution in [0.4, 0.5) is 0 Å². The molecule has 248 valence electrons. The second-order valence-corrected chi connectivity index (χ2v) is 13.2. The normalized spacial score (nSPS) is 11.4. The van der Waals surface area contributed by atoms with Gasteiger partial charge < -0.3 is 4.57 Å². The molecule has 53 heavy (non-hydrogen) atoms. The summed E-state index contributed by atoms with van der Waals surface area (Å²) in [6.45, 7) is 0. The first kappa shape index (κ1) is 30.6. The van der Waals surface area contributed by atoms with E-state index in [4.69, 9.17) is 15.0 Å². The van der Waals surface area contributed by atoms with Crippen molar-refractivity contribution in [2.45, 2.75) is 0 Å². The molecular formula is C49H32N4. The van der Waals surface area contributed by atoms with E-state index in [1.165, 1.54) is 49.3 Å². The topological polar surface area (TPSA) is 43.6 Å². The Morgan fingerprint density at radius 3 is 1.06 bits per heavy atom. The molecular weight excluding hydrogens is 645 g/mol. The average molecular weight is 677 g/mol. The van der Waals surface area contributed by atoms with Crippen LogP contribution in [0, 0.1) is 0 Å². The molecule has 0 amide bonds. The minimum absolute atomic E-state index is 0.647. The standard InChI is InChI=1S/C49H32N4/c1-3-13-35(14-4-1)47-50-48(36-15-5-2-6-16-36)52-49(51-47)37-25-23-33(24-26-37)39-31-32-40(42-18-8-7-17-41(39)42)34-27-29-38(30-28-34)53-45-21-11-9-19-43(45)44-20-10-12-22-46(44)53/h1-32H. The van der Waals surface area contributed by atoms with Gasteiger partial charge in [-0.25, -0.2) is 15.0 Å². The van der Waals surface area contributed by atoms with E-state index >= 15 is 0 Å². The lowest BCUT2D eigenvalue weighted by atomic mass is 9.92. The Morgan fingerprint density at radius 2 is 0.604 bits per heavy atom. The van der Waals surface area contributed by atoms with Gasteiger partial charge in [-0.2, -0.15) is 0 Å². The monoisotopic (exact) mass is 676 g/mol. The van der Waals surface area contributed by atoms with Crippen LogP contribution in [0.15, 0.2) is 194 Å². The Labute approximate surface area is 307 Å². The van der Waals surface area contributed by atoms with E-state index in [0.29, 0.717) is 17.5 Å². The number of benzene rings is 8. The first-order valence-electron chi connectivity index (χ1n) is 17.9. The lowest BCUT2D eigenvalue weighted by Gasteiger charge is -2.14. The predicted octanol–water partition coefficient (Wildman–Crippen LogP) is 12.5. The lowest BCUT2D eigenvalue weighted by Crippen LogP contribution is -2.00. The van der Waals surface area contributed by atoms with E-state index in [9.17, 15) is 0 Å². The van der Waals surface area contributed by atoms with Crippen molar-refractivity contribution < 1.29 is 0 Å². The van der Waals surface area contributed by atoms with Crippen molar-refractivity contribution in [2.24, 2.45) is 0 Å². The molecule has 0 radical (unpaired) electrons. The zero-order valence-electron chi connectivity index (χ0n) is 28.8. The summed E-state index contributed by atoms with van der Waals surface area (Å²) in [7, 11) is 0. The van der Waals surface area contributed by atoms with Gasteiger partial charge in [-0.05, 0) is 57.3 Å². The van der Waals surface area contributed by atoms with Crippen LogP contribution >= 0.6 is 0 Å². The van der Waals surface area contributed by atoms with Gasteiger partial charge in [0.1, 0.15) is 0 Å². The van der Waals surface area contributed by atoms with Crippen LogP contribution in [0.2, 0.25) is 0 Å². The van der Waals surface area contributed by atoms with Gasteiger partial charge in [-0.3, -0.25) is 0 Å². The molecule has 2 aromatic heterocycles.